The molecule has 0 amide bonds. The molecule has 0 atom stereocenters. The molecule has 0 aliphatic heterocycles. The highest BCUT2D eigenvalue weighted by Crippen LogP contribution is 2.20. The lowest BCUT2D eigenvalue weighted by atomic mass is 10.1. The number of carboxylic acid groups (broad SMARTS) is 1. The summed E-state index contributed by atoms with van der Waals surface area (Å²) in [6.45, 7) is 0. The second-order valence-electron chi connectivity index (χ2n) is 2.93. The summed E-state index contributed by atoms with van der Waals surface area (Å²) in [5.41, 5.74) is 5.65. The van der Waals surface area contributed by atoms with Gasteiger partial charge in [0.15, 0.2) is 0 Å². The summed E-state index contributed by atoms with van der Waals surface area (Å²) in [6.07, 6.45) is 0.806. The topological polar surface area (TPSA) is 63.3 Å². The third-order valence-electron chi connectivity index (χ3n) is 1.75. The van der Waals surface area contributed by atoms with E-state index in [1.807, 2.05) is 0 Å². The van der Waals surface area contributed by atoms with Crippen molar-refractivity contribution in [2.24, 2.45) is 5.73 Å². The third kappa shape index (κ3) is 3.25. The molecule has 80 valence electrons. The fourth-order valence-electron chi connectivity index (χ4n) is 1.11. The van der Waals surface area contributed by atoms with Gasteiger partial charge in [0.1, 0.15) is 5.82 Å². The van der Waals surface area contributed by atoms with Crippen molar-refractivity contribution < 1.29 is 14.3 Å². The number of halogens is 2. The first-order valence-electron chi connectivity index (χ1n) is 4.12. The van der Waals surface area contributed by atoms with E-state index in [2.05, 4.69) is 0 Å². The lowest BCUT2D eigenvalue weighted by Crippen LogP contribution is -2.06. The quantitative estimate of drug-likeness (QED) is 0.779. The number of carboxylic acids is 1. The highest BCUT2D eigenvalue weighted by Gasteiger charge is 2.08. The molecule has 3 N–H and O–H groups in total. The van der Waals surface area contributed by atoms with E-state index in [1.165, 1.54) is 18.2 Å². The summed E-state index contributed by atoms with van der Waals surface area (Å²) < 4.78 is 13.2. The van der Waals surface area contributed by atoms with Gasteiger partial charge < -0.3 is 10.8 Å². The van der Waals surface area contributed by atoms with E-state index in [1.54, 1.807) is 0 Å². The van der Waals surface area contributed by atoms with Gasteiger partial charge in [-0.15, -0.1) is 0 Å². The summed E-state index contributed by atoms with van der Waals surface area (Å²) >= 11 is 5.74. The van der Waals surface area contributed by atoms with Gasteiger partial charge in [0.05, 0.1) is 0 Å². The average molecular weight is 230 g/mol. The first kappa shape index (κ1) is 11.5. The lowest BCUT2D eigenvalue weighted by molar-refractivity contribution is -0.131. The number of allylic oxidation sites excluding steroid dienone is 1. The number of carbonyl (C=O) groups is 1. The van der Waals surface area contributed by atoms with E-state index in [-0.39, 0.29) is 22.7 Å². The molecule has 0 saturated carbocycles. The molecule has 0 fully saturated rings. The standard InChI is InChI=1S/C10H9ClFNO2/c11-8-2-1-3-9(12)7(8)4-6(13)5-10(14)15/h1-3,5H,4,13H2,(H,14,15)/b6-5-. The van der Waals surface area contributed by atoms with E-state index >= 15 is 0 Å². The molecule has 0 radical (unpaired) electrons. The van der Waals surface area contributed by atoms with Crippen molar-refractivity contribution in [1.29, 1.82) is 0 Å². The van der Waals surface area contributed by atoms with Crippen LogP contribution in [0.2, 0.25) is 5.02 Å². The molecule has 1 aromatic carbocycles. The molecule has 0 aliphatic carbocycles. The van der Waals surface area contributed by atoms with Crippen molar-refractivity contribution in [3.8, 4) is 0 Å². The van der Waals surface area contributed by atoms with Gasteiger partial charge in [0, 0.05) is 28.8 Å². The highest BCUT2D eigenvalue weighted by molar-refractivity contribution is 6.31. The second kappa shape index (κ2) is 4.79. The molecule has 1 rings (SSSR count). The van der Waals surface area contributed by atoms with Crippen molar-refractivity contribution in [1.82, 2.24) is 0 Å². The molecule has 0 heterocycles. The number of hydrogen-bond acceptors (Lipinski definition) is 2. The van der Waals surface area contributed by atoms with Crippen LogP contribution < -0.4 is 5.73 Å². The summed E-state index contributed by atoms with van der Waals surface area (Å²) in [5.74, 6) is -1.66. The maximum atomic E-state index is 13.2. The first-order valence-corrected chi connectivity index (χ1v) is 4.50. The van der Waals surface area contributed by atoms with Crippen LogP contribution in [0.25, 0.3) is 0 Å². The zero-order valence-corrected chi connectivity index (χ0v) is 8.46. The van der Waals surface area contributed by atoms with Crippen LogP contribution in [0.3, 0.4) is 0 Å². The minimum Gasteiger partial charge on any atom is -0.478 e. The minimum atomic E-state index is -1.17. The van der Waals surface area contributed by atoms with Gasteiger partial charge in [-0.2, -0.15) is 0 Å². The van der Waals surface area contributed by atoms with Gasteiger partial charge >= 0.3 is 5.97 Å². The Labute approximate surface area is 91.0 Å². The van der Waals surface area contributed by atoms with Crippen LogP contribution in [0.4, 0.5) is 4.39 Å². The van der Waals surface area contributed by atoms with Gasteiger partial charge in [-0.3, -0.25) is 0 Å². The zero-order chi connectivity index (χ0) is 11.4. The van der Waals surface area contributed by atoms with Crippen LogP contribution in [0.1, 0.15) is 5.56 Å². The Balaban J connectivity index is 2.94. The number of hydrogen-bond donors (Lipinski definition) is 2. The second-order valence-corrected chi connectivity index (χ2v) is 3.34. The van der Waals surface area contributed by atoms with Crippen LogP contribution in [0.5, 0.6) is 0 Å². The Morgan fingerprint density at radius 1 is 1.60 bits per heavy atom. The number of aliphatic carboxylic acids is 1. The van der Waals surface area contributed by atoms with Gasteiger partial charge in [-0.25, -0.2) is 9.18 Å². The minimum absolute atomic E-state index is 0.0161. The predicted molar refractivity (Wildman–Crippen MR) is 55.0 cm³/mol. The van der Waals surface area contributed by atoms with Crippen molar-refractivity contribution in [2.75, 3.05) is 0 Å². The Hall–Kier alpha value is -1.55. The van der Waals surface area contributed by atoms with Gasteiger partial charge in [0.2, 0.25) is 0 Å². The summed E-state index contributed by atoms with van der Waals surface area (Å²) in [6, 6.07) is 4.24. The Kier molecular flexibility index (Phi) is 3.68. The normalized spacial score (nSPS) is 11.5. The monoisotopic (exact) mass is 229 g/mol. The molecule has 1 aromatic rings. The third-order valence-corrected chi connectivity index (χ3v) is 2.11. The van der Waals surface area contributed by atoms with Gasteiger partial charge in [0.25, 0.3) is 0 Å². The van der Waals surface area contributed by atoms with Crippen LogP contribution in [-0.4, -0.2) is 11.1 Å². The predicted octanol–water partition coefficient (Wildman–Crippen LogP) is 1.95. The summed E-state index contributed by atoms with van der Waals surface area (Å²) in [4.78, 5) is 10.3. The molecular formula is C10H9ClFNO2. The molecule has 15 heavy (non-hydrogen) atoms. The first-order chi connectivity index (χ1) is 7.00. The fourth-order valence-corrected chi connectivity index (χ4v) is 1.34. The Morgan fingerprint density at radius 3 is 2.80 bits per heavy atom. The smallest absolute Gasteiger partial charge is 0.330 e. The van der Waals surface area contributed by atoms with Crippen LogP contribution in [0.15, 0.2) is 30.0 Å². The summed E-state index contributed by atoms with van der Waals surface area (Å²) in [7, 11) is 0. The maximum absolute atomic E-state index is 13.2. The van der Waals surface area contributed by atoms with Gasteiger partial charge in [-0.05, 0) is 12.1 Å². The van der Waals surface area contributed by atoms with E-state index in [4.69, 9.17) is 22.4 Å². The lowest BCUT2D eigenvalue weighted by Gasteiger charge is -2.05. The fraction of sp³-hybridized carbons (Fsp3) is 0.100. The summed E-state index contributed by atoms with van der Waals surface area (Å²) in [5, 5.41) is 8.65. The molecular weight excluding hydrogens is 221 g/mol. The van der Waals surface area contributed by atoms with Crippen LogP contribution >= 0.6 is 11.6 Å². The average Bonchev–Trinajstić information content (AvgIpc) is 2.10. The zero-order valence-electron chi connectivity index (χ0n) is 7.71. The molecule has 0 unspecified atom stereocenters. The molecule has 3 nitrogen and oxygen atoms in total. The molecule has 0 aliphatic rings. The van der Waals surface area contributed by atoms with Crippen molar-refractivity contribution in [3.63, 3.8) is 0 Å². The number of benzene rings is 1. The number of nitrogens with two attached hydrogens (primary N) is 1. The number of rotatable bonds is 3. The van der Waals surface area contributed by atoms with E-state index < -0.39 is 11.8 Å². The van der Waals surface area contributed by atoms with Gasteiger partial charge in [-0.1, -0.05) is 17.7 Å². The maximum Gasteiger partial charge on any atom is 0.330 e. The van der Waals surface area contributed by atoms with E-state index in [0.29, 0.717) is 0 Å². The Bertz CT molecular complexity index is 398. The van der Waals surface area contributed by atoms with Crippen molar-refractivity contribution in [3.05, 3.63) is 46.4 Å². The molecule has 0 aromatic heterocycles. The van der Waals surface area contributed by atoms with E-state index in [0.717, 1.165) is 6.08 Å². The van der Waals surface area contributed by atoms with E-state index in [9.17, 15) is 9.18 Å². The molecule has 0 spiro atoms. The van der Waals surface area contributed by atoms with Crippen LogP contribution in [-0.2, 0) is 11.2 Å². The van der Waals surface area contributed by atoms with Crippen molar-refractivity contribution in [2.45, 2.75) is 6.42 Å². The molecule has 0 saturated heterocycles. The highest BCUT2D eigenvalue weighted by atomic mass is 35.5. The molecule has 5 heteroatoms. The molecule has 0 bridgehead atoms. The van der Waals surface area contributed by atoms with Crippen LogP contribution in [0, 0.1) is 5.82 Å². The van der Waals surface area contributed by atoms with Crippen molar-refractivity contribution >= 4 is 17.6 Å². The Morgan fingerprint density at radius 2 is 2.27 bits per heavy atom. The SMILES string of the molecule is N/C(=C\C(=O)O)Cc1c(F)cccc1Cl. The largest absolute Gasteiger partial charge is 0.478 e.